The average Bonchev–Trinajstić information content (AvgIpc) is 3.09. The second kappa shape index (κ2) is 7.84. The van der Waals surface area contributed by atoms with Gasteiger partial charge in [0, 0.05) is 18.2 Å². The van der Waals surface area contributed by atoms with Gasteiger partial charge in [-0.3, -0.25) is 9.55 Å². The summed E-state index contributed by atoms with van der Waals surface area (Å²) in [6.07, 6.45) is 1.63. The number of aromatic amines is 1. The Morgan fingerprint density at radius 2 is 1.71 bits per heavy atom. The van der Waals surface area contributed by atoms with Gasteiger partial charge >= 0.3 is 5.69 Å². The van der Waals surface area contributed by atoms with Crippen molar-refractivity contribution < 1.29 is 4.74 Å². The quantitative estimate of drug-likeness (QED) is 0.539. The Balaban J connectivity index is 1.79. The highest BCUT2D eigenvalue weighted by molar-refractivity contribution is 5.74. The molecule has 140 valence electrons. The van der Waals surface area contributed by atoms with E-state index < -0.39 is 0 Å². The van der Waals surface area contributed by atoms with Gasteiger partial charge in [0.15, 0.2) is 0 Å². The third-order valence-corrected chi connectivity index (χ3v) is 4.44. The van der Waals surface area contributed by atoms with Crippen LogP contribution in [0, 0.1) is 0 Å². The topological polar surface area (TPSA) is 71.9 Å². The Morgan fingerprint density at radius 1 is 1.00 bits per heavy atom. The van der Waals surface area contributed by atoms with Crippen LogP contribution in [0.5, 0.6) is 5.88 Å². The van der Waals surface area contributed by atoms with Crippen molar-refractivity contribution in [2.75, 3.05) is 12.4 Å². The van der Waals surface area contributed by atoms with Crippen LogP contribution in [0.25, 0.3) is 16.9 Å². The Bertz CT molecular complexity index is 1100. The molecule has 0 bridgehead atoms. The van der Waals surface area contributed by atoms with E-state index in [-0.39, 0.29) is 5.69 Å². The summed E-state index contributed by atoms with van der Waals surface area (Å²) in [5.74, 6) is 1.16. The van der Waals surface area contributed by atoms with Crippen LogP contribution >= 0.6 is 0 Å². The summed E-state index contributed by atoms with van der Waals surface area (Å²) in [4.78, 5) is 20.0. The summed E-state index contributed by atoms with van der Waals surface area (Å²) in [6.45, 7) is 0.599. The summed E-state index contributed by atoms with van der Waals surface area (Å²) < 4.78 is 6.74. The van der Waals surface area contributed by atoms with Crippen molar-refractivity contribution in [3.05, 3.63) is 95.0 Å². The van der Waals surface area contributed by atoms with Gasteiger partial charge in [-0.1, -0.05) is 60.7 Å². The summed E-state index contributed by atoms with van der Waals surface area (Å²) in [5.41, 5.74) is 3.23. The summed E-state index contributed by atoms with van der Waals surface area (Å²) in [7, 11) is 1.56. The number of aromatic nitrogens is 3. The number of benzene rings is 2. The average molecular weight is 372 g/mol. The van der Waals surface area contributed by atoms with E-state index >= 15 is 0 Å². The molecule has 0 unspecified atom stereocenters. The lowest BCUT2D eigenvalue weighted by molar-refractivity contribution is 0.398. The fraction of sp³-hybridized carbons (Fsp3) is 0.0909. The molecule has 0 aliphatic carbocycles. The second-order valence-electron chi connectivity index (χ2n) is 6.25. The molecule has 2 aromatic carbocycles. The number of nitrogens with zero attached hydrogens (tertiary/aromatic N) is 2. The maximum absolute atomic E-state index is 12.8. The Morgan fingerprint density at radius 3 is 2.36 bits per heavy atom. The molecule has 6 nitrogen and oxygen atoms in total. The van der Waals surface area contributed by atoms with Gasteiger partial charge in [-0.25, -0.2) is 9.78 Å². The van der Waals surface area contributed by atoms with E-state index in [4.69, 9.17) is 4.74 Å². The SMILES string of the molecule is COc1ccc(-n2c(-c3ccccc3)c(NCc3ccccc3)[nH]c2=O)cn1. The molecule has 0 radical (unpaired) electrons. The predicted octanol–water partition coefficient (Wildman–Crippen LogP) is 3.85. The van der Waals surface area contributed by atoms with Crippen LogP contribution in [-0.2, 0) is 6.54 Å². The minimum atomic E-state index is -0.235. The fourth-order valence-electron chi connectivity index (χ4n) is 3.09. The molecule has 0 spiro atoms. The molecule has 4 aromatic rings. The van der Waals surface area contributed by atoms with Crippen LogP contribution < -0.4 is 15.7 Å². The van der Waals surface area contributed by atoms with Crippen LogP contribution in [0.3, 0.4) is 0 Å². The Kier molecular flexibility index (Phi) is 4.93. The molecule has 6 heteroatoms. The lowest BCUT2D eigenvalue weighted by Crippen LogP contribution is -2.15. The first-order valence-corrected chi connectivity index (χ1v) is 8.95. The smallest absolute Gasteiger partial charge is 0.332 e. The van der Waals surface area contributed by atoms with Crippen molar-refractivity contribution in [1.82, 2.24) is 14.5 Å². The van der Waals surface area contributed by atoms with Crippen LogP contribution in [-0.4, -0.2) is 21.6 Å². The van der Waals surface area contributed by atoms with Crippen molar-refractivity contribution in [2.45, 2.75) is 6.54 Å². The third kappa shape index (κ3) is 3.53. The molecular weight excluding hydrogens is 352 g/mol. The van der Waals surface area contributed by atoms with E-state index in [0.29, 0.717) is 23.9 Å². The van der Waals surface area contributed by atoms with Crippen molar-refractivity contribution in [3.8, 4) is 22.8 Å². The largest absolute Gasteiger partial charge is 0.481 e. The van der Waals surface area contributed by atoms with Gasteiger partial charge in [-0.2, -0.15) is 0 Å². The highest BCUT2D eigenvalue weighted by Gasteiger charge is 2.17. The van der Waals surface area contributed by atoms with Gasteiger partial charge in [0.1, 0.15) is 5.82 Å². The molecule has 0 fully saturated rings. The van der Waals surface area contributed by atoms with Gasteiger partial charge in [-0.15, -0.1) is 0 Å². The van der Waals surface area contributed by atoms with Gasteiger partial charge in [-0.05, 0) is 11.6 Å². The van der Waals surface area contributed by atoms with E-state index in [1.165, 1.54) is 0 Å². The lowest BCUT2D eigenvalue weighted by atomic mass is 10.1. The van der Waals surface area contributed by atoms with E-state index in [0.717, 1.165) is 16.8 Å². The minimum Gasteiger partial charge on any atom is -0.481 e. The van der Waals surface area contributed by atoms with E-state index in [1.807, 2.05) is 66.7 Å². The van der Waals surface area contributed by atoms with Gasteiger partial charge in [0.05, 0.1) is 24.7 Å². The molecular formula is C22H20N4O2. The molecule has 4 rings (SSSR count). The summed E-state index contributed by atoms with van der Waals surface area (Å²) >= 11 is 0. The second-order valence-corrected chi connectivity index (χ2v) is 6.25. The van der Waals surface area contributed by atoms with Crippen LogP contribution in [0.15, 0.2) is 83.8 Å². The summed E-state index contributed by atoms with van der Waals surface area (Å²) in [6, 6.07) is 23.4. The normalized spacial score (nSPS) is 10.6. The van der Waals surface area contributed by atoms with Crippen molar-refractivity contribution in [3.63, 3.8) is 0 Å². The molecule has 2 aromatic heterocycles. The zero-order valence-electron chi connectivity index (χ0n) is 15.4. The Hall–Kier alpha value is -3.80. The van der Waals surface area contributed by atoms with Gasteiger partial charge < -0.3 is 10.1 Å². The number of hydrogen-bond acceptors (Lipinski definition) is 4. The molecule has 0 amide bonds. The number of anilines is 1. The first kappa shape index (κ1) is 17.6. The predicted molar refractivity (Wildman–Crippen MR) is 110 cm³/mol. The van der Waals surface area contributed by atoms with Crippen LogP contribution in [0.2, 0.25) is 0 Å². The molecule has 2 N–H and O–H groups in total. The van der Waals surface area contributed by atoms with Crippen LogP contribution in [0.4, 0.5) is 5.82 Å². The third-order valence-electron chi connectivity index (χ3n) is 4.44. The maximum atomic E-state index is 12.8. The lowest BCUT2D eigenvalue weighted by Gasteiger charge is -2.11. The zero-order valence-corrected chi connectivity index (χ0v) is 15.4. The molecule has 0 aliphatic heterocycles. The number of methoxy groups -OCH3 is 1. The number of hydrogen-bond donors (Lipinski definition) is 2. The highest BCUT2D eigenvalue weighted by atomic mass is 16.5. The van der Waals surface area contributed by atoms with E-state index in [2.05, 4.69) is 15.3 Å². The van der Waals surface area contributed by atoms with E-state index in [1.54, 1.807) is 23.9 Å². The van der Waals surface area contributed by atoms with Crippen molar-refractivity contribution in [1.29, 1.82) is 0 Å². The fourth-order valence-corrected chi connectivity index (χ4v) is 3.09. The summed E-state index contributed by atoms with van der Waals surface area (Å²) in [5, 5.41) is 3.36. The number of pyridine rings is 1. The monoisotopic (exact) mass is 372 g/mol. The maximum Gasteiger partial charge on any atom is 0.332 e. The van der Waals surface area contributed by atoms with Crippen molar-refractivity contribution in [2.24, 2.45) is 0 Å². The highest BCUT2D eigenvalue weighted by Crippen LogP contribution is 2.28. The standard InChI is InChI=1S/C22H20N4O2/c1-28-19-13-12-18(15-23-19)26-20(17-10-6-3-7-11-17)21(25-22(26)27)24-14-16-8-4-2-5-9-16/h2-13,15,24H,14H2,1H3,(H,25,27). The number of rotatable bonds is 6. The molecule has 2 heterocycles. The molecule has 0 saturated carbocycles. The molecule has 0 aliphatic rings. The molecule has 0 saturated heterocycles. The first-order chi connectivity index (χ1) is 13.8. The van der Waals surface area contributed by atoms with Gasteiger partial charge in [0.25, 0.3) is 0 Å². The number of H-pyrrole nitrogens is 1. The Labute approximate surface area is 162 Å². The van der Waals surface area contributed by atoms with Gasteiger partial charge in [0.2, 0.25) is 5.88 Å². The number of nitrogens with one attached hydrogen (secondary N) is 2. The number of ether oxygens (including phenoxy) is 1. The zero-order chi connectivity index (χ0) is 19.3. The van der Waals surface area contributed by atoms with Crippen molar-refractivity contribution >= 4 is 5.82 Å². The molecule has 28 heavy (non-hydrogen) atoms. The number of imidazole rings is 1. The van der Waals surface area contributed by atoms with Crippen LogP contribution in [0.1, 0.15) is 5.56 Å². The minimum absolute atomic E-state index is 0.235. The molecule has 0 atom stereocenters. The first-order valence-electron chi connectivity index (χ1n) is 8.95. The van der Waals surface area contributed by atoms with E-state index in [9.17, 15) is 4.79 Å².